The summed E-state index contributed by atoms with van der Waals surface area (Å²) >= 11 is 13.7. The summed E-state index contributed by atoms with van der Waals surface area (Å²) in [4.78, 5) is 7.15. The first kappa shape index (κ1) is 37.3. The molecule has 49 heavy (non-hydrogen) atoms. The van der Waals surface area contributed by atoms with E-state index in [-0.39, 0.29) is 17.1 Å². The summed E-state index contributed by atoms with van der Waals surface area (Å²) in [6.45, 7) is 24.6. The molecule has 0 amide bonds. The van der Waals surface area contributed by atoms with Crippen LogP contribution in [0.25, 0.3) is 11.1 Å². The number of allylic oxidation sites excluding steroid dienone is 3. The van der Waals surface area contributed by atoms with Gasteiger partial charge in [-0.05, 0) is 73.5 Å². The van der Waals surface area contributed by atoms with Gasteiger partial charge in [0, 0.05) is 86.1 Å². The highest BCUT2D eigenvalue weighted by atomic mass is 35.5. The van der Waals surface area contributed by atoms with E-state index < -0.39 is 5.54 Å². The SMILES string of the molecule is C=C(OC(C)(C)C)N1CC2(CC(n3nc(N4CCN(C/C(=C/C=C\C)CC)C[C@]4(C)COC)c(-c4c(Cl)c(Cl)cc(N)c4C=N)c3C)C2)C1. The number of hydrogen-bond donors (Lipinski definition) is 2. The first-order valence-corrected chi connectivity index (χ1v) is 18.1. The number of hydrogen-bond acceptors (Lipinski definition) is 8. The number of likely N-dealkylation sites (tertiary alicyclic amines) is 1. The number of ether oxygens (including phenoxy) is 2. The lowest BCUT2D eigenvalue weighted by molar-refractivity contribution is -0.116. The quantitative estimate of drug-likeness (QED) is 0.0994. The Morgan fingerprint density at radius 3 is 2.47 bits per heavy atom. The van der Waals surface area contributed by atoms with Crippen LogP contribution in [0.2, 0.25) is 10.0 Å². The molecular weight excluding hydrogens is 657 g/mol. The summed E-state index contributed by atoms with van der Waals surface area (Å²) in [5.41, 5.74) is 10.9. The maximum Gasteiger partial charge on any atom is 0.182 e. The van der Waals surface area contributed by atoms with Crippen molar-refractivity contribution in [1.29, 1.82) is 5.41 Å². The first-order valence-electron chi connectivity index (χ1n) is 17.4. The van der Waals surface area contributed by atoms with Crippen molar-refractivity contribution < 1.29 is 9.47 Å². The number of halogens is 2. The minimum absolute atomic E-state index is 0.222. The van der Waals surface area contributed by atoms with Crippen LogP contribution in [0.1, 0.15) is 78.1 Å². The number of nitrogens with one attached hydrogen (secondary N) is 1. The molecule has 0 bridgehead atoms. The van der Waals surface area contributed by atoms with Crippen LogP contribution < -0.4 is 10.6 Å². The van der Waals surface area contributed by atoms with Crippen LogP contribution in [0.5, 0.6) is 0 Å². The molecule has 1 aromatic carbocycles. The smallest absolute Gasteiger partial charge is 0.182 e. The van der Waals surface area contributed by atoms with E-state index in [0.29, 0.717) is 33.5 Å². The zero-order valence-corrected chi connectivity index (χ0v) is 32.1. The average molecular weight is 713 g/mol. The van der Waals surface area contributed by atoms with Crippen LogP contribution in [-0.4, -0.2) is 89.9 Å². The molecule has 2 aromatic rings. The number of aromatic nitrogens is 2. The molecule has 1 saturated carbocycles. The molecule has 3 heterocycles. The van der Waals surface area contributed by atoms with Gasteiger partial charge in [0.15, 0.2) is 11.7 Å². The summed E-state index contributed by atoms with van der Waals surface area (Å²) in [6.07, 6.45) is 10.7. The van der Waals surface area contributed by atoms with Crippen LogP contribution in [-0.2, 0) is 9.47 Å². The normalized spacial score (nSPS) is 21.7. The Morgan fingerprint density at radius 2 is 1.88 bits per heavy atom. The fourth-order valence-corrected chi connectivity index (χ4v) is 8.48. The molecule has 3 aliphatic rings. The van der Waals surface area contributed by atoms with E-state index >= 15 is 0 Å². The molecule has 2 saturated heterocycles. The second-order valence-electron chi connectivity index (χ2n) is 15.4. The maximum absolute atomic E-state index is 8.35. The fourth-order valence-electron chi connectivity index (χ4n) is 8.02. The Labute approximate surface area is 303 Å². The van der Waals surface area contributed by atoms with E-state index in [4.69, 9.17) is 48.9 Å². The Kier molecular flexibility index (Phi) is 10.9. The largest absolute Gasteiger partial charge is 0.474 e. The number of nitrogen functional groups attached to an aromatic ring is 1. The van der Waals surface area contributed by atoms with Gasteiger partial charge >= 0.3 is 0 Å². The molecular formula is C38H55Cl2N7O2. The number of methoxy groups -OCH3 is 1. The van der Waals surface area contributed by atoms with Crippen molar-refractivity contribution >= 4 is 40.9 Å². The van der Waals surface area contributed by atoms with Crippen LogP contribution in [0.15, 0.2) is 42.3 Å². The third-order valence-electron chi connectivity index (χ3n) is 10.3. The summed E-state index contributed by atoms with van der Waals surface area (Å²) in [5.74, 6) is 1.57. The second-order valence-corrected chi connectivity index (χ2v) is 16.2. The van der Waals surface area contributed by atoms with Gasteiger partial charge in [-0.1, -0.05) is 53.9 Å². The van der Waals surface area contributed by atoms with Gasteiger partial charge in [0.2, 0.25) is 0 Å². The molecule has 2 aliphatic heterocycles. The predicted octanol–water partition coefficient (Wildman–Crippen LogP) is 8.11. The monoisotopic (exact) mass is 711 g/mol. The van der Waals surface area contributed by atoms with E-state index in [1.165, 1.54) is 11.8 Å². The number of nitrogens with two attached hydrogens (primary N) is 1. The van der Waals surface area contributed by atoms with Crippen molar-refractivity contribution in [1.82, 2.24) is 19.6 Å². The van der Waals surface area contributed by atoms with Crippen molar-refractivity contribution in [3.63, 3.8) is 0 Å². The van der Waals surface area contributed by atoms with Gasteiger partial charge in [0.1, 0.15) is 5.60 Å². The minimum Gasteiger partial charge on any atom is -0.474 e. The number of rotatable bonds is 12. The predicted molar refractivity (Wildman–Crippen MR) is 204 cm³/mol. The number of anilines is 2. The lowest BCUT2D eigenvalue weighted by Gasteiger charge is -2.60. The average Bonchev–Trinajstić information content (AvgIpc) is 3.30. The topological polar surface area (TPSA) is 95.9 Å². The Bertz CT molecular complexity index is 1630. The van der Waals surface area contributed by atoms with Crippen LogP contribution in [0, 0.1) is 17.7 Å². The summed E-state index contributed by atoms with van der Waals surface area (Å²) in [7, 11) is 1.76. The van der Waals surface area contributed by atoms with Crippen molar-refractivity contribution in [2.45, 2.75) is 84.9 Å². The molecule has 11 heteroatoms. The van der Waals surface area contributed by atoms with Gasteiger partial charge in [-0.25, -0.2) is 0 Å². The van der Waals surface area contributed by atoms with Crippen molar-refractivity contribution in [3.05, 3.63) is 63.6 Å². The highest BCUT2D eigenvalue weighted by Crippen LogP contribution is 2.56. The van der Waals surface area contributed by atoms with Crippen LogP contribution in [0.4, 0.5) is 11.5 Å². The van der Waals surface area contributed by atoms with Crippen LogP contribution >= 0.6 is 23.2 Å². The zero-order chi connectivity index (χ0) is 35.9. The Morgan fingerprint density at radius 1 is 1.18 bits per heavy atom. The van der Waals surface area contributed by atoms with Gasteiger partial charge in [0.25, 0.3) is 0 Å². The van der Waals surface area contributed by atoms with Gasteiger partial charge < -0.3 is 30.4 Å². The van der Waals surface area contributed by atoms with E-state index in [1.54, 1.807) is 13.2 Å². The maximum atomic E-state index is 8.35. The number of benzene rings is 1. The van der Waals surface area contributed by atoms with Gasteiger partial charge in [0.05, 0.1) is 28.2 Å². The molecule has 1 aliphatic carbocycles. The van der Waals surface area contributed by atoms with Crippen molar-refractivity contribution in [2.24, 2.45) is 5.41 Å². The Hall–Kier alpha value is -2.98. The number of nitrogens with zero attached hydrogens (tertiary/aromatic N) is 5. The highest BCUT2D eigenvalue weighted by Gasteiger charge is 2.55. The summed E-state index contributed by atoms with van der Waals surface area (Å²) in [5, 5.41) is 14.5. The molecule has 5 rings (SSSR count). The molecule has 1 spiro atoms. The van der Waals surface area contributed by atoms with E-state index in [0.717, 1.165) is 81.5 Å². The molecule has 0 unspecified atom stereocenters. The minimum atomic E-state index is -0.392. The third kappa shape index (κ3) is 7.41. The number of piperazine rings is 1. The van der Waals surface area contributed by atoms with Crippen molar-refractivity contribution in [2.75, 3.05) is 63.6 Å². The van der Waals surface area contributed by atoms with E-state index in [1.807, 2.05) is 6.92 Å². The lowest BCUT2D eigenvalue weighted by atomic mass is 9.60. The van der Waals surface area contributed by atoms with Crippen molar-refractivity contribution in [3.8, 4) is 11.1 Å². The molecule has 9 nitrogen and oxygen atoms in total. The zero-order valence-electron chi connectivity index (χ0n) is 30.6. The molecule has 3 fully saturated rings. The second kappa shape index (κ2) is 14.3. The fraction of sp³-hybridized carbons (Fsp3) is 0.579. The van der Waals surface area contributed by atoms with Gasteiger partial charge in [-0.2, -0.15) is 5.10 Å². The highest BCUT2D eigenvalue weighted by molar-refractivity contribution is 6.44. The molecule has 3 N–H and O–H groups in total. The third-order valence-corrected chi connectivity index (χ3v) is 11.1. The molecule has 0 radical (unpaired) electrons. The van der Waals surface area contributed by atoms with E-state index in [2.05, 4.69) is 85.7 Å². The van der Waals surface area contributed by atoms with Crippen LogP contribution in [0.3, 0.4) is 0 Å². The molecule has 268 valence electrons. The van der Waals surface area contributed by atoms with E-state index in [9.17, 15) is 0 Å². The van der Waals surface area contributed by atoms with Gasteiger partial charge in [-0.3, -0.25) is 9.58 Å². The van der Waals surface area contributed by atoms with Gasteiger partial charge in [-0.15, -0.1) is 0 Å². The lowest BCUT2D eigenvalue weighted by Crippen LogP contribution is -2.63. The standard InChI is InChI=1S/C38H55Cl2N7O2/c1-10-12-13-27(11-2)20-44-14-15-46(37(8,21-44)24-48-9)35-32(33-29(19-41)31(42)16-30(39)34(33)40)25(3)47(43-35)28-17-38(18-28)22-45(23-38)26(4)49-36(5,6)7/h10,12-13,16,19,28,41H,4,11,14-15,17-18,20-24,42H2,1-3,5-9H3/b12-10-,27-13+,41-19?/t37-/m1/s1. The summed E-state index contributed by atoms with van der Waals surface area (Å²) < 4.78 is 14.1. The summed E-state index contributed by atoms with van der Waals surface area (Å²) in [6, 6.07) is 1.85. The molecule has 1 aromatic heterocycles. The Balaban J connectivity index is 1.52. The molecule has 1 atom stereocenters. The first-order chi connectivity index (χ1) is 23.1.